The van der Waals surface area contributed by atoms with Crippen molar-refractivity contribution < 1.29 is 4.74 Å². The minimum atomic E-state index is 0.622. The van der Waals surface area contributed by atoms with E-state index in [4.69, 9.17) is 9.88 Å². The van der Waals surface area contributed by atoms with Crippen LogP contribution >= 0.6 is 12.1 Å². The fourth-order valence-corrected chi connectivity index (χ4v) is 3.20. The van der Waals surface area contributed by atoms with E-state index in [-0.39, 0.29) is 0 Å². The number of anilines is 1. The van der Waals surface area contributed by atoms with E-state index in [0.717, 1.165) is 60.5 Å². The summed E-state index contributed by atoms with van der Waals surface area (Å²) in [5.41, 5.74) is 2.46. The molecule has 2 aromatic rings. The number of pyridine rings is 1. The molecule has 0 atom stereocenters. The lowest BCUT2D eigenvalue weighted by Crippen LogP contribution is -2.48. The molecule has 3 rings (SSSR count). The standard InChI is InChI=1S/C16H19N5OS/c1-22-13-2-3-14-15(6-13)19-8-12(7-17)16(14)21-9-11(10-21)4-5-20-23-18/h2-3,6,8,11,20H,4-5,9-10,18H2,1H3. The van der Waals surface area contributed by atoms with Crippen molar-refractivity contribution in [3.05, 3.63) is 30.0 Å². The quantitative estimate of drug-likeness (QED) is 0.619. The fraction of sp³-hybridized carbons (Fsp3) is 0.375. The van der Waals surface area contributed by atoms with Gasteiger partial charge >= 0.3 is 0 Å². The smallest absolute Gasteiger partial charge is 0.121 e. The highest BCUT2D eigenvalue weighted by molar-refractivity contribution is 7.95. The van der Waals surface area contributed by atoms with E-state index in [2.05, 4.69) is 20.7 Å². The number of nitrogens with one attached hydrogen (secondary N) is 1. The highest BCUT2D eigenvalue weighted by atomic mass is 32.2. The third-order valence-corrected chi connectivity index (χ3v) is 4.55. The molecule has 0 saturated carbocycles. The topological polar surface area (TPSA) is 87.2 Å². The maximum atomic E-state index is 9.42. The van der Waals surface area contributed by atoms with Crippen molar-refractivity contribution in [3.8, 4) is 11.8 Å². The van der Waals surface area contributed by atoms with Gasteiger partial charge in [-0.05, 0) is 24.5 Å². The summed E-state index contributed by atoms with van der Waals surface area (Å²) in [6.07, 6.45) is 2.73. The van der Waals surface area contributed by atoms with Crippen LogP contribution in [0.15, 0.2) is 24.4 Å². The Morgan fingerprint density at radius 1 is 1.52 bits per heavy atom. The lowest BCUT2D eigenvalue weighted by Gasteiger charge is -2.42. The van der Waals surface area contributed by atoms with Gasteiger partial charge in [-0.1, -0.05) is 0 Å². The van der Waals surface area contributed by atoms with Crippen molar-refractivity contribution >= 4 is 28.7 Å². The number of hydrogen-bond acceptors (Lipinski definition) is 7. The Morgan fingerprint density at radius 3 is 3.04 bits per heavy atom. The van der Waals surface area contributed by atoms with Crippen LogP contribution in [0, 0.1) is 17.2 Å². The van der Waals surface area contributed by atoms with E-state index < -0.39 is 0 Å². The number of rotatable bonds is 6. The van der Waals surface area contributed by atoms with Crippen molar-refractivity contribution in [3.63, 3.8) is 0 Å². The minimum absolute atomic E-state index is 0.622. The van der Waals surface area contributed by atoms with Gasteiger partial charge in [-0.3, -0.25) is 14.8 Å². The molecular formula is C16H19N5OS. The zero-order valence-corrected chi connectivity index (χ0v) is 13.8. The molecule has 0 bridgehead atoms. The summed E-state index contributed by atoms with van der Waals surface area (Å²) in [6.45, 7) is 2.81. The molecule has 1 aromatic heterocycles. The number of nitrogens with two attached hydrogens (primary N) is 1. The van der Waals surface area contributed by atoms with Gasteiger partial charge < -0.3 is 9.64 Å². The molecule has 2 heterocycles. The Hall–Kier alpha value is -2.01. The number of nitriles is 1. The summed E-state index contributed by atoms with van der Waals surface area (Å²) >= 11 is 1.16. The molecular weight excluding hydrogens is 310 g/mol. The van der Waals surface area contributed by atoms with Gasteiger partial charge in [0.1, 0.15) is 11.8 Å². The van der Waals surface area contributed by atoms with Crippen molar-refractivity contribution in [2.75, 3.05) is 31.6 Å². The number of aromatic nitrogens is 1. The first kappa shape index (κ1) is 15.9. The summed E-state index contributed by atoms with van der Waals surface area (Å²) in [6, 6.07) is 8.06. The van der Waals surface area contributed by atoms with Crippen molar-refractivity contribution in [2.24, 2.45) is 11.1 Å². The van der Waals surface area contributed by atoms with E-state index >= 15 is 0 Å². The summed E-state index contributed by atoms with van der Waals surface area (Å²) < 4.78 is 8.32. The van der Waals surface area contributed by atoms with Gasteiger partial charge in [0.25, 0.3) is 0 Å². The molecule has 23 heavy (non-hydrogen) atoms. The first-order chi connectivity index (χ1) is 11.3. The number of nitrogens with zero attached hydrogens (tertiary/aromatic N) is 3. The second-order valence-electron chi connectivity index (χ2n) is 5.59. The molecule has 1 fully saturated rings. The maximum absolute atomic E-state index is 9.42. The maximum Gasteiger partial charge on any atom is 0.121 e. The van der Waals surface area contributed by atoms with Crippen LogP contribution in [0.25, 0.3) is 10.9 Å². The van der Waals surface area contributed by atoms with E-state index in [9.17, 15) is 5.26 Å². The Bertz CT molecular complexity index is 739. The average molecular weight is 329 g/mol. The van der Waals surface area contributed by atoms with Crippen LogP contribution in [0.4, 0.5) is 5.69 Å². The number of fused-ring (bicyclic) bond motifs is 1. The Balaban J connectivity index is 1.84. The molecule has 0 spiro atoms. The second-order valence-corrected chi connectivity index (χ2v) is 6.11. The SMILES string of the molecule is COc1ccc2c(N3CC(CCNSN)C3)c(C#N)cnc2c1. The monoisotopic (exact) mass is 329 g/mol. The lowest BCUT2D eigenvalue weighted by molar-refractivity contribution is 0.386. The Kier molecular flexibility index (Phi) is 4.86. The van der Waals surface area contributed by atoms with Gasteiger partial charge in [-0.25, -0.2) is 0 Å². The molecule has 1 aliphatic heterocycles. The van der Waals surface area contributed by atoms with Gasteiger partial charge in [0.05, 0.1) is 23.9 Å². The van der Waals surface area contributed by atoms with Crippen LogP contribution in [-0.4, -0.2) is 31.7 Å². The average Bonchev–Trinajstić information content (AvgIpc) is 2.55. The fourth-order valence-electron chi connectivity index (χ4n) is 2.97. The normalized spacial score (nSPS) is 14.6. The predicted molar refractivity (Wildman–Crippen MR) is 93.1 cm³/mol. The van der Waals surface area contributed by atoms with Gasteiger partial charge in [0, 0.05) is 49.4 Å². The van der Waals surface area contributed by atoms with Crippen LogP contribution in [0.2, 0.25) is 0 Å². The predicted octanol–water partition coefficient (Wildman–Crippen LogP) is 2.05. The summed E-state index contributed by atoms with van der Waals surface area (Å²) in [5, 5.41) is 15.8. The van der Waals surface area contributed by atoms with Crippen LogP contribution < -0.4 is 19.5 Å². The number of benzene rings is 1. The number of hydrogen-bond donors (Lipinski definition) is 2. The van der Waals surface area contributed by atoms with E-state index in [0.29, 0.717) is 11.5 Å². The highest BCUT2D eigenvalue weighted by Crippen LogP contribution is 2.35. The van der Waals surface area contributed by atoms with Gasteiger partial charge in [0.15, 0.2) is 0 Å². The second kappa shape index (κ2) is 7.04. The molecule has 1 aromatic carbocycles. The summed E-state index contributed by atoms with van der Waals surface area (Å²) in [4.78, 5) is 6.65. The molecule has 120 valence electrons. The zero-order chi connectivity index (χ0) is 16.2. The molecule has 7 heteroatoms. The third-order valence-electron chi connectivity index (χ3n) is 4.18. The van der Waals surface area contributed by atoms with Gasteiger partial charge in [-0.15, -0.1) is 0 Å². The Morgan fingerprint density at radius 2 is 2.35 bits per heavy atom. The summed E-state index contributed by atoms with van der Waals surface area (Å²) in [5.74, 6) is 1.40. The highest BCUT2D eigenvalue weighted by Gasteiger charge is 2.29. The Labute approximate surface area is 139 Å². The van der Waals surface area contributed by atoms with Gasteiger partial charge in [0.2, 0.25) is 0 Å². The van der Waals surface area contributed by atoms with Crippen molar-refractivity contribution in [1.82, 2.24) is 9.71 Å². The first-order valence-corrected chi connectivity index (χ1v) is 8.35. The molecule has 6 nitrogen and oxygen atoms in total. The van der Waals surface area contributed by atoms with Crippen LogP contribution in [0.3, 0.4) is 0 Å². The molecule has 0 amide bonds. The molecule has 3 N–H and O–H groups in total. The third kappa shape index (κ3) is 3.20. The van der Waals surface area contributed by atoms with Gasteiger partial charge in [-0.2, -0.15) is 5.26 Å². The van der Waals surface area contributed by atoms with E-state index in [1.807, 2.05) is 18.2 Å². The molecule has 1 saturated heterocycles. The minimum Gasteiger partial charge on any atom is -0.497 e. The molecule has 1 aliphatic rings. The van der Waals surface area contributed by atoms with Crippen LogP contribution in [0.1, 0.15) is 12.0 Å². The van der Waals surface area contributed by atoms with Crippen LogP contribution in [-0.2, 0) is 0 Å². The molecule has 0 aliphatic carbocycles. The number of methoxy groups -OCH3 is 1. The van der Waals surface area contributed by atoms with Crippen molar-refractivity contribution in [2.45, 2.75) is 6.42 Å². The molecule has 0 unspecified atom stereocenters. The largest absolute Gasteiger partial charge is 0.497 e. The number of ether oxygens (including phenoxy) is 1. The van der Waals surface area contributed by atoms with E-state index in [1.54, 1.807) is 13.3 Å². The van der Waals surface area contributed by atoms with Crippen LogP contribution in [0.5, 0.6) is 5.75 Å². The lowest BCUT2D eigenvalue weighted by atomic mass is 9.94. The summed E-state index contributed by atoms with van der Waals surface area (Å²) in [7, 11) is 1.64. The van der Waals surface area contributed by atoms with Crippen molar-refractivity contribution in [1.29, 1.82) is 5.26 Å². The zero-order valence-electron chi connectivity index (χ0n) is 13.0. The van der Waals surface area contributed by atoms with E-state index in [1.165, 1.54) is 0 Å². The molecule has 0 radical (unpaired) electrons. The first-order valence-electron chi connectivity index (χ1n) is 7.47.